The molecule has 0 aromatic heterocycles. The number of rotatable bonds is 2. The molecular formula is C16H15ClO5. The predicted octanol–water partition coefficient (Wildman–Crippen LogP) is 2.33. The lowest BCUT2D eigenvalue weighted by Crippen LogP contribution is -2.32. The molecule has 0 radical (unpaired) electrons. The van der Waals surface area contributed by atoms with Gasteiger partial charge in [0.15, 0.2) is 0 Å². The zero-order chi connectivity index (χ0) is 15.9. The summed E-state index contributed by atoms with van der Waals surface area (Å²) in [6, 6.07) is 5.27. The van der Waals surface area contributed by atoms with E-state index in [9.17, 15) is 9.59 Å². The number of carbonyl (C=O) groups is 2. The van der Waals surface area contributed by atoms with Crippen LogP contribution in [0.15, 0.2) is 29.8 Å². The van der Waals surface area contributed by atoms with Crippen molar-refractivity contribution >= 4 is 23.5 Å². The third kappa shape index (κ3) is 2.25. The molecule has 0 spiro atoms. The number of halogens is 1. The van der Waals surface area contributed by atoms with E-state index in [1.807, 2.05) is 0 Å². The van der Waals surface area contributed by atoms with Crippen molar-refractivity contribution in [2.75, 3.05) is 20.8 Å². The number of methoxy groups -OCH3 is 2. The lowest BCUT2D eigenvalue weighted by Gasteiger charge is -2.32. The van der Waals surface area contributed by atoms with Crippen LogP contribution in [0.3, 0.4) is 0 Å². The van der Waals surface area contributed by atoms with Crippen LogP contribution in [-0.2, 0) is 19.1 Å². The Balaban J connectivity index is 2.09. The Morgan fingerprint density at radius 2 is 2.05 bits per heavy atom. The molecule has 5 nitrogen and oxygen atoms in total. The molecule has 3 rings (SSSR count). The van der Waals surface area contributed by atoms with E-state index in [-0.39, 0.29) is 17.8 Å². The van der Waals surface area contributed by atoms with Crippen molar-refractivity contribution in [3.63, 3.8) is 0 Å². The molecule has 0 amide bonds. The zero-order valence-corrected chi connectivity index (χ0v) is 12.9. The van der Waals surface area contributed by atoms with Gasteiger partial charge >= 0.3 is 11.9 Å². The molecule has 116 valence electrons. The van der Waals surface area contributed by atoms with Gasteiger partial charge in [0.2, 0.25) is 0 Å². The third-order valence-corrected chi connectivity index (χ3v) is 4.45. The highest BCUT2D eigenvalue weighted by Gasteiger charge is 2.48. The molecule has 6 heteroatoms. The molecule has 0 bridgehead atoms. The number of hydrogen-bond acceptors (Lipinski definition) is 5. The van der Waals surface area contributed by atoms with Crippen molar-refractivity contribution in [1.29, 1.82) is 0 Å². The maximum Gasteiger partial charge on any atom is 0.334 e. The summed E-state index contributed by atoms with van der Waals surface area (Å²) in [4.78, 5) is 24.1. The second-order valence-electron chi connectivity index (χ2n) is 5.30. The maximum atomic E-state index is 12.1. The minimum absolute atomic E-state index is 0.201. The summed E-state index contributed by atoms with van der Waals surface area (Å²) >= 11 is 6.07. The van der Waals surface area contributed by atoms with Crippen LogP contribution in [0.2, 0.25) is 5.02 Å². The first-order chi connectivity index (χ1) is 10.6. The summed E-state index contributed by atoms with van der Waals surface area (Å²) in [5, 5.41) is 0.550. The van der Waals surface area contributed by atoms with Crippen molar-refractivity contribution in [2.24, 2.45) is 11.8 Å². The highest BCUT2D eigenvalue weighted by atomic mass is 35.5. The van der Waals surface area contributed by atoms with E-state index in [4.69, 9.17) is 25.8 Å². The normalized spacial score (nSPS) is 25.4. The second-order valence-corrected chi connectivity index (χ2v) is 5.73. The maximum absolute atomic E-state index is 12.1. The molecule has 0 fully saturated rings. The fourth-order valence-corrected chi connectivity index (χ4v) is 3.41. The number of carbonyl (C=O) groups excluding carboxylic acids is 2. The highest BCUT2D eigenvalue weighted by Crippen LogP contribution is 2.50. The number of hydrogen-bond donors (Lipinski definition) is 0. The van der Waals surface area contributed by atoms with Crippen molar-refractivity contribution in [3.05, 3.63) is 40.4 Å². The number of ether oxygens (including phenoxy) is 3. The van der Waals surface area contributed by atoms with Gasteiger partial charge in [-0.3, -0.25) is 4.79 Å². The molecule has 0 saturated carbocycles. The van der Waals surface area contributed by atoms with E-state index in [0.29, 0.717) is 23.0 Å². The van der Waals surface area contributed by atoms with Gasteiger partial charge in [0, 0.05) is 28.0 Å². The Bertz CT molecular complexity index is 667. The summed E-state index contributed by atoms with van der Waals surface area (Å²) < 4.78 is 15.4. The van der Waals surface area contributed by atoms with Crippen LogP contribution in [0, 0.1) is 11.8 Å². The molecule has 22 heavy (non-hydrogen) atoms. The summed E-state index contributed by atoms with van der Waals surface area (Å²) in [5.41, 5.74) is 1.25. The van der Waals surface area contributed by atoms with Gasteiger partial charge in [0.25, 0.3) is 0 Å². The summed E-state index contributed by atoms with van der Waals surface area (Å²) in [6.45, 7) is 0.329. The Labute approximate surface area is 132 Å². The van der Waals surface area contributed by atoms with Gasteiger partial charge in [-0.1, -0.05) is 17.7 Å². The molecule has 2 aliphatic rings. The molecule has 1 aliphatic heterocycles. The molecule has 3 atom stereocenters. The smallest absolute Gasteiger partial charge is 0.334 e. The molecule has 0 saturated heterocycles. The summed E-state index contributed by atoms with van der Waals surface area (Å²) in [5.74, 6) is -1.18. The lowest BCUT2D eigenvalue weighted by molar-refractivity contribution is -0.145. The number of esters is 2. The van der Waals surface area contributed by atoms with Crippen LogP contribution in [0.1, 0.15) is 11.5 Å². The minimum atomic E-state index is -0.531. The first-order valence-corrected chi connectivity index (χ1v) is 7.24. The number of fused-ring (bicyclic) bond motifs is 3. The SMILES string of the molecule is COC(=O)C1=C[C@H](C(=O)OC)[C@H]2COc3ccc(Cl)cc3[C@@H]12. The fourth-order valence-electron chi connectivity index (χ4n) is 3.23. The van der Waals surface area contributed by atoms with Gasteiger partial charge in [-0.15, -0.1) is 0 Å². The first kappa shape index (κ1) is 14.9. The zero-order valence-electron chi connectivity index (χ0n) is 12.2. The minimum Gasteiger partial charge on any atom is -0.493 e. The van der Waals surface area contributed by atoms with E-state index in [2.05, 4.69) is 0 Å². The molecular weight excluding hydrogens is 308 g/mol. The highest BCUT2D eigenvalue weighted by molar-refractivity contribution is 6.30. The van der Waals surface area contributed by atoms with Crippen molar-refractivity contribution < 1.29 is 23.8 Å². The van der Waals surface area contributed by atoms with E-state index in [1.165, 1.54) is 14.2 Å². The van der Waals surface area contributed by atoms with E-state index in [1.54, 1.807) is 24.3 Å². The largest absolute Gasteiger partial charge is 0.493 e. The van der Waals surface area contributed by atoms with Crippen molar-refractivity contribution in [1.82, 2.24) is 0 Å². The first-order valence-electron chi connectivity index (χ1n) is 6.87. The standard InChI is InChI=1S/C16H15ClO5/c1-20-15(18)9-6-11(16(19)21-2)14-10-5-8(17)3-4-13(10)22-7-12(9)14/h3-6,9,12,14H,7H2,1-2H3/t9-,12+,14-/m0/s1. The average Bonchev–Trinajstić information content (AvgIpc) is 2.93. The second kappa shape index (κ2) is 5.65. The van der Waals surface area contributed by atoms with E-state index in [0.717, 1.165) is 5.56 Å². The van der Waals surface area contributed by atoms with Gasteiger partial charge < -0.3 is 14.2 Å². The van der Waals surface area contributed by atoms with Crippen LogP contribution < -0.4 is 4.74 Å². The van der Waals surface area contributed by atoms with Crippen LogP contribution in [0.5, 0.6) is 5.75 Å². The van der Waals surface area contributed by atoms with Crippen molar-refractivity contribution in [3.8, 4) is 5.75 Å². The molecule has 1 aromatic rings. The Kier molecular flexibility index (Phi) is 3.83. The van der Waals surface area contributed by atoms with E-state index >= 15 is 0 Å². The monoisotopic (exact) mass is 322 g/mol. The topological polar surface area (TPSA) is 61.8 Å². The molecule has 0 N–H and O–H groups in total. The fraction of sp³-hybridized carbons (Fsp3) is 0.375. The molecule has 1 aromatic carbocycles. The van der Waals surface area contributed by atoms with Crippen molar-refractivity contribution in [2.45, 2.75) is 5.92 Å². The molecule has 1 heterocycles. The summed E-state index contributed by atoms with van der Waals surface area (Å²) in [7, 11) is 2.65. The van der Waals surface area contributed by atoms with Gasteiger partial charge in [0.1, 0.15) is 5.75 Å². The predicted molar refractivity (Wildman–Crippen MR) is 78.8 cm³/mol. The number of benzene rings is 1. The molecule has 1 aliphatic carbocycles. The van der Waals surface area contributed by atoms with Gasteiger partial charge in [-0.05, 0) is 18.2 Å². The third-order valence-electron chi connectivity index (χ3n) is 4.22. The van der Waals surface area contributed by atoms with Gasteiger partial charge in [-0.2, -0.15) is 0 Å². The molecule has 0 unspecified atom stereocenters. The average molecular weight is 323 g/mol. The Morgan fingerprint density at radius 1 is 1.27 bits per heavy atom. The van der Waals surface area contributed by atoms with Crippen LogP contribution in [0.4, 0.5) is 0 Å². The quantitative estimate of drug-likeness (QED) is 0.782. The Morgan fingerprint density at radius 3 is 2.73 bits per heavy atom. The van der Waals surface area contributed by atoms with E-state index < -0.39 is 11.9 Å². The van der Waals surface area contributed by atoms with Gasteiger partial charge in [-0.25, -0.2) is 4.79 Å². The lowest BCUT2D eigenvalue weighted by atomic mass is 9.79. The van der Waals surface area contributed by atoms with Gasteiger partial charge in [0.05, 0.1) is 26.7 Å². The van der Waals surface area contributed by atoms with Crippen LogP contribution in [0.25, 0.3) is 0 Å². The summed E-state index contributed by atoms with van der Waals surface area (Å²) in [6.07, 6.45) is 1.63. The van der Waals surface area contributed by atoms with Crippen LogP contribution in [-0.4, -0.2) is 32.8 Å². The van der Waals surface area contributed by atoms with Crippen LogP contribution >= 0.6 is 11.6 Å². The Hall–Kier alpha value is -2.01.